The third kappa shape index (κ3) is 2.08. The zero-order valence-electron chi connectivity index (χ0n) is 10.5. The monoisotopic (exact) mass is 239 g/mol. The molecule has 0 radical (unpaired) electrons. The van der Waals surface area contributed by atoms with Crippen LogP contribution in [0.25, 0.3) is 0 Å². The zero-order valence-corrected chi connectivity index (χ0v) is 10.5. The van der Waals surface area contributed by atoms with Crippen LogP contribution < -0.4 is 0 Å². The van der Waals surface area contributed by atoms with Crippen LogP contribution in [-0.2, 0) is 14.3 Å². The highest BCUT2D eigenvalue weighted by molar-refractivity contribution is 5.81. The van der Waals surface area contributed by atoms with Gasteiger partial charge in [0.2, 0.25) is 0 Å². The summed E-state index contributed by atoms with van der Waals surface area (Å²) in [6, 6.07) is 0. The number of ether oxygens (including phenoxy) is 2. The van der Waals surface area contributed by atoms with Crippen molar-refractivity contribution in [3.63, 3.8) is 0 Å². The Morgan fingerprint density at radius 1 is 1.47 bits per heavy atom. The summed E-state index contributed by atoms with van der Waals surface area (Å²) in [5, 5.41) is 0. The molecule has 3 unspecified atom stereocenters. The van der Waals surface area contributed by atoms with Crippen molar-refractivity contribution < 1.29 is 14.3 Å². The van der Waals surface area contributed by atoms with Crippen molar-refractivity contribution in [2.24, 2.45) is 5.92 Å². The minimum atomic E-state index is -0.177. The van der Waals surface area contributed by atoms with E-state index in [1.807, 2.05) is 4.90 Å². The van der Waals surface area contributed by atoms with Crippen molar-refractivity contribution in [3.8, 4) is 0 Å². The molecule has 3 aliphatic heterocycles. The Kier molecular flexibility index (Phi) is 2.87. The van der Waals surface area contributed by atoms with Crippen molar-refractivity contribution in [1.29, 1.82) is 0 Å². The lowest BCUT2D eigenvalue weighted by Gasteiger charge is -2.24. The highest BCUT2D eigenvalue weighted by Gasteiger charge is 2.46. The van der Waals surface area contributed by atoms with E-state index in [2.05, 4.69) is 6.92 Å². The number of hydrogen-bond donors (Lipinski definition) is 0. The Hall–Kier alpha value is -0.610. The van der Waals surface area contributed by atoms with E-state index in [9.17, 15) is 4.79 Å². The lowest BCUT2D eigenvalue weighted by atomic mass is 9.94. The standard InChI is InChI=1S/C13H21NO3/c1-10-7-13(17-8-10)4-5-14(9-13)12(15)11-3-2-6-16-11/h10-11H,2-9H2,1H3. The van der Waals surface area contributed by atoms with Crippen LogP contribution in [0.5, 0.6) is 0 Å². The van der Waals surface area contributed by atoms with Crippen LogP contribution in [0, 0.1) is 5.92 Å². The summed E-state index contributed by atoms with van der Waals surface area (Å²) >= 11 is 0. The molecular weight excluding hydrogens is 218 g/mol. The highest BCUT2D eigenvalue weighted by Crippen LogP contribution is 2.38. The van der Waals surface area contributed by atoms with E-state index in [-0.39, 0.29) is 17.6 Å². The van der Waals surface area contributed by atoms with Gasteiger partial charge in [0, 0.05) is 19.7 Å². The molecule has 0 bridgehead atoms. The molecule has 3 heterocycles. The largest absolute Gasteiger partial charge is 0.373 e. The quantitative estimate of drug-likeness (QED) is 0.690. The first-order valence-electron chi connectivity index (χ1n) is 6.73. The number of carbonyl (C=O) groups excluding carboxylic acids is 1. The molecule has 3 aliphatic rings. The first-order chi connectivity index (χ1) is 8.19. The summed E-state index contributed by atoms with van der Waals surface area (Å²) in [6.07, 6.45) is 3.82. The SMILES string of the molecule is CC1COC2(CCN(C(=O)C3CCCO3)C2)C1. The second-order valence-corrected chi connectivity index (χ2v) is 5.81. The Labute approximate surface area is 102 Å². The van der Waals surface area contributed by atoms with E-state index in [1.165, 1.54) is 0 Å². The maximum Gasteiger partial charge on any atom is 0.251 e. The van der Waals surface area contributed by atoms with E-state index in [1.54, 1.807) is 0 Å². The van der Waals surface area contributed by atoms with Gasteiger partial charge in [-0.3, -0.25) is 4.79 Å². The molecule has 3 fully saturated rings. The molecule has 4 nitrogen and oxygen atoms in total. The fourth-order valence-corrected chi connectivity index (χ4v) is 3.37. The van der Waals surface area contributed by atoms with Crippen molar-refractivity contribution in [2.45, 2.75) is 44.3 Å². The molecule has 96 valence electrons. The number of nitrogens with zero attached hydrogens (tertiary/aromatic N) is 1. The second kappa shape index (κ2) is 4.25. The number of amides is 1. The van der Waals surface area contributed by atoms with Gasteiger partial charge in [-0.1, -0.05) is 6.92 Å². The van der Waals surface area contributed by atoms with Crippen molar-refractivity contribution in [2.75, 3.05) is 26.3 Å². The van der Waals surface area contributed by atoms with Crippen molar-refractivity contribution in [3.05, 3.63) is 0 Å². The third-order valence-electron chi connectivity index (χ3n) is 4.23. The van der Waals surface area contributed by atoms with Gasteiger partial charge < -0.3 is 14.4 Å². The maximum absolute atomic E-state index is 12.2. The number of hydrogen-bond acceptors (Lipinski definition) is 3. The Bertz CT molecular complexity index is 314. The van der Waals surface area contributed by atoms with E-state index in [0.717, 1.165) is 52.0 Å². The average Bonchev–Trinajstić information content (AvgIpc) is 3.02. The predicted molar refractivity (Wildman–Crippen MR) is 62.6 cm³/mol. The topological polar surface area (TPSA) is 38.8 Å². The summed E-state index contributed by atoms with van der Waals surface area (Å²) in [4.78, 5) is 14.2. The fourth-order valence-electron chi connectivity index (χ4n) is 3.37. The normalized spacial score (nSPS) is 41.6. The lowest BCUT2D eigenvalue weighted by molar-refractivity contribution is -0.140. The molecular formula is C13H21NO3. The van der Waals surface area contributed by atoms with Gasteiger partial charge in [0.25, 0.3) is 5.91 Å². The third-order valence-corrected chi connectivity index (χ3v) is 4.23. The van der Waals surface area contributed by atoms with E-state index in [0.29, 0.717) is 5.92 Å². The van der Waals surface area contributed by atoms with Gasteiger partial charge in [-0.2, -0.15) is 0 Å². The summed E-state index contributed by atoms with van der Waals surface area (Å²) in [6.45, 7) is 5.42. The lowest BCUT2D eigenvalue weighted by Crippen LogP contribution is -2.40. The van der Waals surface area contributed by atoms with E-state index >= 15 is 0 Å². The van der Waals surface area contributed by atoms with Crippen LogP contribution in [0.3, 0.4) is 0 Å². The summed E-state index contributed by atoms with van der Waals surface area (Å²) < 4.78 is 11.4. The van der Waals surface area contributed by atoms with Crippen LogP contribution in [-0.4, -0.2) is 48.8 Å². The zero-order chi connectivity index (χ0) is 11.9. The summed E-state index contributed by atoms with van der Waals surface area (Å²) in [5.74, 6) is 0.815. The molecule has 17 heavy (non-hydrogen) atoms. The minimum absolute atomic E-state index is 0.0340. The van der Waals surface area contributed by atoms with Crippen LogP contribution in [0.2, 0.25) is 0 Å². The molecule has 0 N–H and O–H groups in total. The van der Waals surface area contributed by atoms with Crippen molar-refractivity contribution >= 4 is 5.91 Å². The van der Waals surface area contributed by atoms with Gasteiger partial charge in [-0.05, 0) is 31.6 Å². The molecule has 0 aromatic carbocycles. The van der Waals surface area contributed by atoms with Gasteiger partial charge in [0.1, 0.15) is 6.10 Å². The Balaban J connectivity index is 1.61. The van der Waals surface area contributed by atoms with Crippen LogP contribution in [0.15, 0.2) is 0 Å². The average molecular weight is 239 g/mol. The molecule has 1 amide bonds. The molecule has 0 aromatic heterocycles. The van der Waals surface area contributed by atoms with Gasteiger partial charge >= 0.3 is 0 Å². The van der Waals surface area contributed by atoms with Crippen LogP contribution in [0.1, 0.15) is 32.6 Å². The molecule has 0 aromatic rings. The molecule has 3 saturated heterocycles. The smallest absolute Gasteiger partial charge is 0.251 e. The molecule has 4 heteroatoms. The maximum atomic E-state index is 12.2. The Morgan fingerprint density at radius 2 is 2.35 bits per heavy atom. The molecule has 3 atom stereocenters. The first kappa shape index (κ1) is 11.5. The minimum Gasteiger partial charge on any atom is -0.373 e. The first-order valence-corrected chi connectivity index (χ1v) is 6.73. The number of likely N-dealkylation sites (tertiary alicyclic amines) is 1. The molecule has 0 saturated carbocycles. The van der Waals surface area contributed by atoms with Gasteiger partial charge in [0.05, 0.1) is 12.2 Å². The number of rotatable bonds is 1. The van der Waals surface area contributed by atoms with Crippen LogP contribution in [0.4, 0.5) is 0 Å². The van der Waals surface area contributed by atoms with Crippen molar-refractivity contribution in [1.82, 2.24) is 4.90 Å². The molecule has 0 aliphatic carbocycles. The number of carbonyl (C=O) groups is 1. The summed E-state index contributed by atoms with van der Waals surface area (Å²) in [7, 11) is 0. The second-order valence-electron chi connectivity index (χ2n) is 5.81. The summed E-state index contributed by atoms with van der Waals surface area (Å²) in [5.41, 5.74) is -0.0340. The van der Waals surface area contributed by atoms with E-state index in [4.69, 9.17) is 9.47 Å². The van der Waals surface area contributed by atoms with Gasteiger partial charge in [-0.25, -0.2) is 0 Å². The predicted octanol–water partition coefficient (Wildman–Crippen LogP) is 1.19. The Morgan fingerprint density at radius 3 is 3.00 bits per heavy atom. The fraction of sp³-hybridized carbons (Fsp3) is 0.923. The molecule has 3 rings (SSSR count). The highest BCUT2D eigenvalue weighted by atomic mass is 16.5. The van der Waals surface area contributed by atoms with Gasteiger partial charge in [0.15, 0.2) is 0 Å². The van der Waals surface area contributed by atoms with E-state index < -0.39 is 0 Å². The van der Waals surface area contributed by atoms with Gasteiger partial charge in [-0.15, -0.1) is 0 Å². The van der Waals surface area contributed by atoms with Crippen LogP contribution >= 0.6 is 0 Å². The molecule has 1 spiro atoms.